The Bertz CT molecular complexity index is 1460. The Labute approximate surface area is 343 Å². The molecular formula is C38H36Br2Cl6Mn2P2. The van der Waals surface area contributed by atoms with Crippen molar-refractivity contribution in [1.82, 2.24) is 0 Å². The van der Waals surface area contributed by atoms with E-state index in [-0.39, 0.29) is 0 Å². The Balaban J connectivity index is 0.000000214. The van der Waals surface area contributed by atoms with Gasteiger partial charge in [-0.15, -0.1) is 0 Å². The Kier molecular flexibility index (Phi) is 19.2. The molecule has 0 fully saturated rings. The number of halogens is 8. The van der Waals surface area contributed by atoms with Crippen LogP contribution in [0.4, 0.5) is 0 Å². The third-order valence-electron chi connectivity index (χ3n) is 7.64. The van der Waals surface area contributed by atoms with Gasteiger partial charge in [0.15, 0.2) is 0 Å². The van der Waals surface area contributed by atoms with Crippen molar-refractivity contribution in [3.63, 3.8) is 0 Å². The molecule has 0 aliphatic rings. The summed E-state index contributed by atoms with van der Waals surface area (Å²) in [6, 6.07) is 65.3. The molecule has 0 nitrogen and oxygen atoms in total. The van der Waals surface area contributed by atoms with Gasteiger partial charge in [-0.3, -0.25) is 0 Å². The van der Waals surface area contributed by atoms with Crippen LogP contribution in [0.2, 0.25) is 0 Å². The Morgan fingerprint density at radius 2 is 0.400 bits per heavy atom. The van der Waals surface area contributed by atoms with Gasteiger partial charge in [-0.05, 0) is 72.8 Å². The third kappa shape index (κ3) is 15.0. The van der Waals surface area contributed by atoms with Gasteiger partial charge in [0.1, 0.15) is 46.4 Å². The van der Waals surface area contributed by atoms with Gasteiger partial charge in [0.05, 0.1) is 13.3 Å². The quantitative estimate of drug-likeness (QED) is 0.115. The van der Waals surface area contributed by atoms with Gasteiger partial charge in [-0.2, -0.15) is 0 Å². The molecule has 0 atom stereocenters. The zero-order chi connectivity index (χ0) is 36.7. The SMILES string of the molecule is C[P+](c1ccccc1)(c1ccccc1)c1ccccc1.C[P+](c1ccccc1)(c1ccccc1)c1ccccc1.[Cl][Mn-]([Cl])([Cl])[Br].[Cl][Mn-]([Cl])([Cl])[Br]. The number of benzene rings is 6. The molecule has 0 heterocycles. The molecule has 0 bridgehead atoms. The molecule has 0 aliphatic heterocycles. The van der Waals surface area contributed by atoms with E-state index >= 15 is 0 Å². The van der Waals surface area contributed by atoms with E-state index in [2.05, 4.69) is 224 Å². The molecule has 6 aromatic carbocycles. The normalized spacial score (nSPS) is 12.0. The van der Waals surface area contributed by atoms with Crippen LogP contribution in [0.3, 0.4) is 0 Å². The number of hydrogen-bond donors (Lipinski definition) is 0. The Morgan fingerprint density at radius 3 is 0.500 bits per heavy atom. The standard InChI is InChI=1S/2C19H18P.2BrH.6ClH.2Mn/c2*1-20(17-11-5-2-6-12-17,18-13-7-3-8-14-18)19-15-9-4-10-16-19;;;;;;;;;;/h2*2-16H,1H3;8*1H;;/q2*+1;;;;;;;;;2*+3/p-8. The zero-order valence-corrected chi connectivity index (χ0v) is 38.9. The molecule has 0 aliphatic carbocycles. The summed E-state index contributed by atoms with van der Waals surface area (Å²) < 4.78 is 0. The fraction of sp³-hybridized carbons (Fsp3) is 0.0526. The van der Waals surface area contributed by atoms with E-state index in [0.29, 0.717) is 0 Å². The van der Waals surface area contributed by atoms with Crippen LogP contribution in [0, 0.1) is 0 Å². The van der Waals surface area contributed by atoms with Crippen molar-refractivity contribution >= 4 is 135 Å². The van der Waals surface area contributed by atoms with Crippen molar-refractivity contribution in [1.29, 1.82) is 0 Å². The van der Waals surface area contributed by atoms with Crippen LogP contribution in [0.25, 0.3) is 0 Å². The fourth-order valence-electron chi connectivity index (χ4n) is 5.25. The molecule has 0 amide bonds. The van der Waals surface area contributed by atoms with Crippen LogP contribution in [-0.4, -0.2) is 13.3 Å². The third-order valence-corrected chi connectivity index (χ3v) is 15.6. The molecular weight excluding hydrogens is 1000 g/mol. The predicted molar refractivity (Wildman–Crippen MR) is 235 cm³/mol. The van der Waals surface area contributed by atoms with E-state index in [9.17, 15) is 0 Å². The predicted octanol–water partition coefficient (Wildman–Crippen LogP) is 13.0. The summed E-state index contributed by atoms with van der Waals surface area (Å²) >= 11 is 5.62. The van der Waals surface area contributed by atoms with Crippen molar-refractivity contribution in [3.8, 4) is 0 Å². The first-order valence-corrected chi connectivity index (χ1v) is 34.9. The summed E-state index contributed by atoms with van der Waals surface area (Å²) in [5, 5.41) is 8.57. The van der Waals surface area contributed by atoms with E-state index in [1.54, 1.807) is 0 Å². The molecule has 0 radical (unpaired) electrons. The van der Waals surface area contributed by atoms with Gasteiger partial charge >= 0.3 is 105 Å². The summed E-state index contributed by atoms with van der Waals surface area (Å²) in [5.74, 6) is 0. The van der Waals surface area contributed by atoms with Crippen LogP contribution in [0.15, 0.2) is 182 Å². The van der Waals surface area contributed by atoms with Crippen LogP contribution < -0.4 is 31.8 Å². The maximum absolute atomic E-state index is 5.12. The molecule has 268 valence electrons. The zero-order valence-electron chi connectivity index (χ0n) is 27.0. The van der Waals surface area contributed by atoms with Gasteiger partial charge in [0.25, 0.3) is 0 Å². The van der Waals surface area contributed by atoms with E-state index in [1.165, 1.54) is 31.8 Å². The van der Waals surface area contributed by atoms with E-state index < -0.39 is 31.1 Å². The van der Waals surface area contributed by atoms with Crippen molar-refractivity contribution < 1.29 is 16.6 Å². The topological polar surface area (TPSA) is 0 Å². The van der Waals surface area contributed by atoms with Crippen molar-refractivity contribution in [2.24, 2.45) is 0 Å². The van der Waals surface area contributed by atoms with Crippen LogP contribution in [0.1, 0.15) is 0 Å². The molecule has 0 aromatic heterocycles. The maximum atomic E-state index is 5.12. The fourth-order valence-corrected chi connectivity index (χ4v) is 11.7. The van der Waals surface area contributed by atoms with Gasteiger partial charge in [-0.25, -0.2) is 0 Å². The van der Waals surface area contributed by atoms with Crippen LogP contribution >= 0.6 is 103 Å². The Morgan fingerprint density at radius 1 is 0.300 bits per heavy atom. The second-order valence-corrected chi connectivity index (χ2v) is 50.0. The van der Waals surface area contributed by atoms with E-state index in [0.717, 1.165) is 0 Å². The first-order chi connectivity index (χ1) is 23.6. The molecule has 0 spiro atoms. The average molecular weight is 1040 g/mol. The monoisotopic (exact) mass is 1030 g/mol. The Hall–Kier alpha value is -0.0810. The summed E-state index contributed by atoms with van der Waals surface area (Å²) in [5.41, 5.74) is 0. The second kappa shape index (κ2) is 21.7. The van der Waals surface area contributed by atoms with E-state index in [4.69, 9.17) is 60.6 Å². The van der Waals surface area contributed by atoms with Crippen molar-refractivity contribution in [2.45, 2.75) is 0 Å². The molecule has 12 heteroatoms. The van der Waals surface area contributed by atoms with Crippen LogP contribution in [0.5, 0.6) is 0 Å². The van der Waals surface area contributed by atoms with E-state index in [1.807, 2.05) is 0 Å². The van der Waals surface area contributed by atoms with Gasteiger partial charge in [0.2, 0.25) is 0 Å². The minimum atomic E-state index is -2.40. The molecule has 6 aromatic rings. The molecule has 0 saturated heterocycles. The van der Waals surface area contributed by atoms with Crippen LogP contribution in [-0.2, 0) is 16.6 Å². The summed E-state index contributed by atoms with van der Waals surface area (Å²) in [4.78, 5) is 0. The first kappa shape index (κ1) is 44.3. The van der Waals surface area contributed by atoms with Gasteiger partial charge in [-0.1, -0.05) is 109 Å². The van der Waals surface area contributed by atoms with Crippen molar-refractivity contribution in [2.75, 3.05) is 13.3 Å². The summed E-state index contributed by atoms with van der Waals surface area (Å²) in [6.45, 7) is 4.82. The minimum absolute atomic E-state index is 1.43. The summed E-state index contributed by atoms with van der Waals surface area (Å²) in [7, 11) is 22.9. The molecule has 0 unspecified atom stereocenters. The van der Waals surface area contributed by atoms with Crippen molar-refractivity contribution in [3.05, 3.63) is 182 Å². The average Bonchev–Trinajstić information content (AvgIpc) is 3.12. The molecule has 50 heavy (non-hydrogen) atoms. The van der Waals surface area contributed by atoms with Gasteiger partial charge in [0, 0.05) is 0 Å². The summed E-state index contributed by atoms with van der Waals surface area (Å²) in [6.07, 6.45) is 0. The molecule has 6 rings (SSSR count). The first-order valence-electron chi connectivity index (χ1n) is 14.8. The number of rotatable bonds is 6. The second-order valence-electron chi connectivity index (χ2n) is 10.7. The molecule has 0 N–H and O–H groups in total. The number of hydrogen-bond acceptors (Lipinski definition) is 0. The molecule has 0 saturated carbocycles. The van der Waals surface area contributed by atoms with Gasteiger partial charge < -0.3 is 0 Å².